The number of benzene rings is 8. The number of fused-ring (bicyclic) bond motifs is 10. The van der Waals surface area contributed by atoms with E-state index >= 15 is 0 Å². The van der Waals surface area contributed by atoms with Gasteiger partial charge in [-0.3, -0.25) is 0 Å². The van der Waals surface area contributed by atoms with Gasteiger partial charge in [0.15, 0.2) is 17.5 Å². The van der Waals surface area contributed by atoms with E-state index in [2.05, 4.69) is 179 Å². The fourth-order valence-corrected chi connectivity index (χ4v) is 9.77. The molecule has 12 rings (SSSR count). The summed E-state index contributed by atoms with van der Waals surface area (Å²) in [5.74, 6) is 1.88. The molecule has 0 bridgehead atoms. The third kappa shape index (κ3) is 4.98. The van der Waals surface area contributed by atoms with Crippen molar-refractivity contribution in [2.45, 2.75) is 0 Å². The Morgan fingerprint density at radius 3 is 1.67 bits per heavy atom. The van der Waals surface area contributed by atoms with Crippen LogP contribution in [-0.2, 0) is 0 Å². The van der Waals surface area contributed by atoms with Gasteiger partial charge < -0.3 is 9.13 Å². The molecule has 0 saturated heterocycles. The molecule has 4 heterocycles. The maximum atomic E-state index is 5.24. The largest absolute Gasteiger partial charge is 0.309 e. The minimum Gasteiger partial charge on any atom is -0.309 e. The molecule has 0 radical (unpaired) electrons. The van der Waals surface area contributed by atoms with Crippen LogP contribution in [-0.4, -0.2) is 24.1 Å². The number of aromatic nitrogens is 5. The topological polar surface area (TPSA) is 48.5 Å². The van der Waals surface area contributed by atoms with Crippen molar-refractivity contribution >= 4 is 75.1 Å². The van der Waals surface area contributed by atoms with E-state index in [1.54, 1.807) is 0 Å². The van der Waals surface area contributed by atoms with Gasteiger partial charge in [-0.2, -0.15) is 0 Å². The molecular weight excluding hydrogens is 715 g/mol. The lowest BCUT2D eigenvalue weighted by molar-refractivity contribution is 1.07. The van der Waals surface area contributed by atoms with E-state index in [0.717, 1.165) is 44.6 Å². The van der Waals surface area contributed by atoms with Gasteiger partial charge in [0.25, 0.3) is 0 Å². The third-order valence-electron chi connectivity index (χ3n) is 11.2. The lowest BCUT2D eigenvalue weighted by Gasteiger charge is -2.12. The van der Waals surface area contributed by atoms with E-state index in [0.29, 0.717) is 17.5 Å². The third-order valence-corrected chi connectivity index (χ3v) is 12.3. The highest BCUT2D eigenvalue weighted by atomic mass is 32.1. The summed E-state index contributed by atoms with van der Waals surface area (Å²) in [6.45, 7) is 0. The van der Waals surface area contributed by atoms with Crippen LogP contribution in [0.1, 0.15) is 0 Å². The highest BCUT2D eigenvalue weighted by molar-refractivity contribution is 7.26. The summed E-state index contributed by atoms with van der Waals surface area (Å²) in [6, 6.07) is 66.5. The van der Waals surface area contributed by atoms with Crippen molar-refractivity contribution < 1.29 is 0 Å². The normalized spacial score (nSPS) is 11.9. The Hall–Kier alpha value is -7.41. The van der Waals surface area contributed by atoms with E-state index in [9.17, 15) is 0 Å². The van der Waals surface area contributed by atoms with Crippen molar-refractivity contribution in [3.05, 3.63) is 188 Å². The second kappa shape index (κ2) is 12.6. The summed E-state index contributed by atoms with van der Waals surface area (Å²) >= 11 is 1.86. The standard InChI is InChI=1S/C51H31N5S/c1-3-14-32(15-4-1)49-52-50(54-51(53-49)34-26-27-38-37-20-7-10-23-41(37)55(44(38)31-34)35-17-5-2-6-18-35)33-16-13-19-36(30-33)56-42-24-11-8-21-39(42)47-43(56)28-29-46-48(47)40-22-9-12-25-45(40)57-46/h1-31H. The first kappa shape index (κ1) is 31.9. The predicted molar refractivity (Wildman–Crippen MR) is 238 cm³/mol. The summed E-state index contributed by atoms with van der Waals surface area (Å²) in [4.78, 5) is 15.5. The van der Waals surface area contributed by atoms with Crippen LogP contribution in [0.4, 0.5) is 0 Å². The molecule has 6 heteroatoms. The molecule has 0 atom stereocenters. The van der Waals surface area contributed by atoms with Gasteiger partial charge in [-0.25, -0.2) is 15.0 Å². The Bertz CT molecular complexity index is 3520. The highest BCUT2D eigenvalue weighted by Crippen LogP contribution is 2.43. The Morgan fingerprint density at radius 1 is 0.316 bits per heavy atom. The summed E-state index contributed by atoms with van der Waals surface area (Å²) in [5, 5.41) is 7.53. The zero-order valence-electron chi connectivity index (χ0n) is 30.5. The summed E-state index contributed by atoms with van der Waals surface area (Å²) in [6.07, 6.45) is 0. The van der Waals surface area contributed by atoms with Crippen molar-refractivity contribution in [3.8, 4) is 45.5 Å². The number of hydrogen-bond donors (Lipinski definition) is 0. The van der Waals surface area contributed by atoms with Crippen LogP contribution < -0.4 is 0 Å². The van der Waals surface area contributed by atoms with Crippen LogP contribution in [0.3, 0.4) is 0 Å². The molecule has 0 spiro atoms. The van der Waals surface area contributed by atoms with E-state index in [1.807, 2.05) is 29.5 Å². The zero-order valence-corrected chi connectivity index (χ0v) is 31.4. The predicted octanol–water partition coefficient (Wildman–Crippen LogP) is 13.4. The molecule has 5 nitrogen and oxygen atoms in total. The molecule has 0 aliphatic carbocycles. The minimum absolute atomic E-state index is 0.622. The molecule has 12 aromatic rings. The van der Waals surface area contributed by atoms with E-state index in [-0.39, 0.29) is 0 Å². The van der Waals surface area contributed by atoms with E-state index in [4.69, 9.17) is 15.0 Å². The quantitative estimate of drug-likeness (QED) is 0.176. The first-order chi connectivity index (χ1) is 28.3. The molecular formula is C51H31N5S. The number of rotatable bonds is 5. The Labute approximate surface area is 331 Å². The number of nitrogens with zero attached hydrogens (tertiary/aromatic N) is 5. The van der Waals surface area contributed by atoms with Crippen molar-refractivity contribution in [3.63, 3.8) is 0 Å². The van der Waals surface area contributed by atoms with Crippen LogP contribution in [0.25, 0.3) is 109 Å². The van der Waals surface area contributed by atoms with Gasteiger partial charge in [-0.05, 0) is 60.7 Å². The first-order valence-electron chi connectivity index (χ1n) is 19.1. The van der Waals surface area contributed by atoms with Gasteiger partial charge in [0.1, 0.15) is 0 Å². The number of hydrogen-bond acceptors (Lipinski definition) is 4. The number of thiophene rings is 1. The number of para-hydroxylation sites is 3. The molecule has 57 heavy (non-hydrogen) atoms. The van der Waals surface area contributed by atoms with Gasteiger partial charge >= 0.3 is 0 Å². The monoisotopic (exact) mass is 745 g/mol. The molecule has 0 N–H and O–H groups in total. The molecule has 4 aromatic heterocycles. The molecule has 0 aliphatic heterocycles. The van der Waals surface area contributed by atoms with Gasteiger partial charge in [-0.1, -0.05) is 127 Å². The average molecular weight is 746 g/mol. The summed E-state index contributed by atoms with van der Waals surface area (Å²) in [7, 11) is 0. The lowest BCUT2D eigenvalue weighted by Crippen LogP contribution is -2.01. The van der Waals surface area contributed by atoms with Crippen molar-refractivity contribution in [2.24, 2.45) is 0 Å². The molecule has 0 saturated carbocycles. The van der Waals surface area contributed by atoms with Gasteiger partial charge in [0.05, 0.1) is 22.1 Å². The average Bonchev–Trinajstić information content (AvgIpc) is 3.94. The molecule has 8 aromatic carbocycles. The van der Waals surface area contributed by atoms with Crippen molar-refractivity contribution in [2.75, 3.05) is 0 Å². The van der Waals surface area contributed by atoms with E-state index < -0.39 is 0 Å². The maximum Gasteiger partial charge on any atom is 0.164 e. The van der Waals surface area contributed by atoms with Crippen LogP contribution >= 0.6 is 11.3 Å². The Morgan fingerprint density at radius 2 is 0.877 bits per heavy atom. The lowest BCUT2D eigenvalue weighted by atomic mass is 10.1. The molecule has 266 valence electrons. The van der Waals surface area contributed by atoms with Crippen molar-refractivity contribution in [1.29, 1.82) is 0 Å². The summed E-state index contributed by atoms with van der Waals surface area (Å²) < 4.78 is 7.32. The van der Waals surface area contributed by atoms with Gasteiger partial charge in [0.2, 0.25) is 0 Å². The maximum absolute atomic E-state index is 5.24. The highest BCUT2D eigenvalue weighted by Gasteiger charge is 2.20. The van der Waals surface area contributed by atoms with Crippen LogP contribution in [0.15, 0.2) is 188 Å². The minimum atomic E-state index is 0.622. The van der Waals surface area contributed by atoms with Crippen LogP contribution in [0, 0.1) is 0 Å². The smallest absolute Gasteiger partial charge is 0.164 e. The molecule has 0 aliphatic rings. The first-order valence-corrected chi connectivity index (χ1v) is 19.9. The summed E-state index contributed by atoms with van der Waals surface area (Å²) in [5.41, 5.74) is 9.54. The second-order valence-electron chi connectivity index (χ2n) is 14.4. The van der Waals surface area contributed by atoms with Crippen molar-refractivity contribution in [1.82, 2.24) is 24.1 Å². The Balaban J connectivity index is 1.07. The molecule has 0 amide bonds. The molecule has 0 fully saturated rings. The van der Waals surface area contributed by atoms with Crippen LogP contribution in [0.5, 0.6) is 0 Å². The fraction of sp³-hybridized carbons (Fsp3) is 0. The fourth-order valence-electron chi connectivity index (χ4n) is 8.65. The second-order valence-corrected chi connectivity index (χ2v) is 15.5. The molecule has 0 unspecified atom stereocenters. The Kier molecular flexibility index (Phi) is 7.03. The van der Waals surface area contributed by atoms with Crippen LogP contribution in [0.2, 0.25) is 0 Å². The zero-order chi connectivity index (χ0) is 37.5. The van der Waals surface area contributed by atoms with Gasteiger partial charge in [0, 0.05) is 69.8 Å². The van der Waals surface area contributed by atoms with Gasteiger partial charge in [-0.15, -0.1) is 11.3 Å². The van der Waals surface area contributed by atoms with E-state index in [1.165, 1.54) is 47.2 Å². The SMILES string of the molecule is c1ccc(-c2nc(-c3cccc(-n4c5ccccc5c5c6c(ccc54)sc4ccccc46)c3)nc(-c3ccc4c5ccccc5n(-c5ccccc5)c4c3)n2)cc1.